The lowest BCUT2D eigenvalue weighted by Gasteiger charge is -2.31. The fraction of sp³-hybridized carbons (Fsp3) is 0.742. The molecule has 0 aromatic heterocycles. The van der Waals surface area contributed by atoms with Gasteiger partial charge in [-0.2, -0.15) is 0 Å². The second-order valence-electron chi connectivity index (χ2n) is 11.8. The minimum absolute atomic E-state index is 0.000843. The number of nitrogens with two attached hydrogens (primary N) is 1. The summed E-state index contributed by atoms with van der Waals surface area (Å²) in [5.74, 6) is 0.555. The lowest BCUT2D eigenvalue weighted by Crippen LogP contribution is -2.46. The molecule has 1 heterocycles. The quantitative estimate of drug-likeness (QED) is 0.214. The zero-order chi connectivity index (χ0) is 28.2. The Balaban J connectivity index is 2.01. The predicted octanol–water partition coefficient (Wildman–Crippen LogP) is 4.45. The van der Waals surface area contributed by atoms with Crippen molar-refractivity contribution in [3.8, 4) is 0 Å². The first-order valence-electron chi connectivity index (χ1n) is 14.5. The summed E-state index contributed by atoms with van der Waals surface area (Å²) in [5.41, 5.74) is 9.43. The van der Waals surface area contributed by atoms with Gasteiger partial charge in [-0.3, -0.25) is 9.59 Å². The van der Waals surface area contributed by atoms with Crippen LogP contribution in [0.15, 0.2) is 18.2 Å². The van der Waals surface area contributed by atoms with Crippen LogP contribution in [0.25, 0.3) is 0 Å². The van der Waals surface area contributed by atoms with Gasteiger partial charge in [0.15, 0.2) is 5.78 Å². The SMILES string of the molecule is COCCCC(=O)c1cc(CC(CC(N)C(O)CC(C(=O)NC2CCOCC2)C(C)C)C(C)C)ccc1C. The Labute approximate surface area is 230 Å². The Morgan fingerprint density at radius 3 is 2.42 bits per heavy atom. The molecule has 7 nitrogen and oxygen atoms in total. The van der Waals surface area contributed by atoms with Crippen molar-refractivity contribution >= 4 is 11.7 Å². The maximum atomic E-state index is 13.0. The van der Waals surface area contributed by atoms with Gasteiger partial charge in [-0.25, -0.2) is 0 Å². The van der Waals surface area contributed by atoms with Crippen LogP contribution in [-0.2, 0) is 20.7 Å². The number of aliphatic hydroxyl groups excluding tert-OH is 1. The molecule has 7 heteroatoms. The monoisotopic (exact) mass is 532 g/mol. The van der Waals surface area contributed by atoms with Gasteiger partial charge in [0.05, 0.1) is 6.10 Å². The molecule has 1 fully saturated rings. The van der Waals surface area contributed by atoms with Crippen LogP contribution in [0, 0.1) is 30.6 Å². The van der Waals surface area contributed by atoms with Gasteiger partial charge in [0, 0.05) is 56.9 Å². The second-order valence-corrected chi connectivity index (χ2v) is 11.8. The van der Waals surface area contributed by atoms with Gasteiger partial charge in [-0.15, -0.1) is 0 Å². The van der Waals surface area contributed by atoms with Gasteiger partial charge in [0.1, 0.15) is 0 Å². The van der Waals surface area contributed by atoms with E-state index in [1.54, 1.807) is 7.11 Å². The third kappa shape index (κ3) is 10.4. The minimum Gasteiger partial charge on any atom is -0.391 e. The van der Waals surface area contributed by atoms with E-state index in [1.165, 1.54) is 0 Å². The van der Waals surface area contributed by atoms with E-state index in [-0.39, 0.29) is 35.5 Å². The van der Waals surface area contributed by atoms with Gasteiger partial charge in [0.25, 0.3) is 0 Å². The lowest BCUT2D eigenvalue weighted by atomic mass is 9.80. The number of Topliss-reactive ketones (excluding diaryl/α,β-unsaturated/α-hetero) is 1. The number of rotatable bonds is 16. The highest BCUT2D eigenvalue weighted by Crippen LogP contribution is 2.27. The zero-order valence-electron chi connectivity index (χ0n) is 24.5. The van der Waals surface area contributed by atoms with Crippen molar-refractivity contribution in [2.24, 2.45) is 29.4 Å². The van der Waals surface area contributed by atoms with E-state index in [2.05, 4.69) is 25.2 Å². The van der Waals surface area contributed by atoms with Gasteiger partial charge in [-0.1, -0.05) is 39.8 Å². The summed E-state index contributed by atoms with van der Waals surface area (Å²) < 4.78 is 10.5. The third-order valence-corrected chi connectivity index (χ3v) is 8.07. The molecule has 4 atom stereocenters. The van der Waals surface area contributed by atoms with Crippen molar-refractivity contribution in [3.05, 3.63) is 34.9 Å². The van der Waals surface area contributed by atoms with Gasteiger partial charge < -0.3 is 25.6 Å². The lowest BCUT2D eigenvalue weighted by molar-refractivity contribution is -0.129. The first kappa shape index (κ1) is 32.4. The average Bonchev–Trinajstić information content (AvgIpc) is 2.87. The Kier molecular flexibility index (Phi) is 13.9. The van der Waals surface area contributed by atoms with Crippen LogP contribution in [0.5, 0.6) is 0 Å². The molecule has 4 N–H and O–H groups in total. The standard InChI is InChI=1S/C31H52N2O5/c1-20(2)24(16-23-10-9-22(5)27(17-23)29(34)8-7-13-37-6)18-28(32)30(35)19-26(21(3)4)31(36)33-25-11-14-38-15-12-25/h9-10,17,20-21,24-26,28,30,35H,7-8,11-16,18-19,32H2,1-6H3,(H,33,36). The summed E-state index contributed by atoms with van der Waals surface area (Å²) in [6.45, 7) is 12.3. The highest BCUT2D eigenvalue weighted by Gasteiger charge is 2.31. The molecular weight excluding hydrogens is 480 g/mol. The van der Waals surface area contributed by atoms with E-state index < -0.39 is 12.1 Å². The Hall–Kier alpha value is -1.80. The fourth-order valence-electron chi connectivity index (χ4n) is 5.28. The number of hydrogen-bond acceptors (Lipinski definition) is 6. The Morgan fingerprint density at radius 2 is 1.82 bits per heavy atom. The molecule has 1 aliphatic heterocycles. The van der Waals surface area contributed by atoms with Crippen molar-refractivity contribution in [2.45, 2.75) is 97.8 Å². The number of nitrogens with one attached hydrogen (secondary N) is 1. The number of carbonyl (C=O) groups is 2. The topological polar surface area (TPSA) is 111 Å². The maximum Gasteiger partial charge on any atom is 0.223 e. The van der Waals surface area contributed by atoms with Crippen molar-refractivity contribution in [3.63, 3.8) is 0 Å². The third-order valence-electron chi connectivity index (χ3n) is 8.07. The van der Waals surface area contributed by atoms with Crippen LogP contribution in [0.3, 0.4) is 0 Å². The molecule has 1 saturated heterocycles. The summed E-state index contributed by atoms with van der Waals surface area (Å²) >= 11 is 0. The molecule has 1 aliphatic rings. The summed E-state index contributed by atoms with van der Waals surface area (Å²) in [6.07, 6.45) is 3.86. The van der Waals surface area contributed by atoms with Gasteiger partial charge in [-0.05, 0) is 80.4 Å². The number of carbonyl (C=O) groups excluding carboxylic acids is 2. The van der Waals surface area contributed by atoms with E-state index in [0.29, 0.717) is 51.4 Å². The molecule has 1 amide bonds. The number of hydrogen-bond donors (Lipinski definition) is 3. The van der Waals surface area contributed by atoms with E-state index >= 15 is 0 Å². The molecule has 0 spiro atoms. The fourth-order valence-corrected chi connectivity index (χ4v) is 5.28. The van der Waals surface area contributed by atoms with Crippen LogP contribution < -0.4 is 11.1 Å². The first-order chi connectivity index (χ1) is 18.0. The molecule has 1 aromatic carbocycles. The predicted molar refractivity (Wildman–Crippen MR) is 152 cm³/mol. The van der Waals surface area contributed by atoms with Crippen molar-refractivity contribution in [1.82, 2.24) is 5.32 Å². The highest BCUT2D eigenvalue weighted by atomic mass is 16.5. The average molecular weight is 533 g/mol. The number of aryl methyl sites for hydroxylation is 1. The number of ketones is 1. The second kappa shape index (κ2) is 16.3. The molecule has 0 aliphatic carbocycles. The van der Waals surface area contributed by atoms with E-state index in [4.69, 9.17) is 15.2 Å². The minimum atomic E-state index is -0.764. The zero-order valence-corrected chi connectivity index (χ0v) is 24.5. The Morgan fingerprint density at radius 1 is 1.13 bits per heavy atom. The molecule has 2 rings (SSSR count). The summed E-state index contributed by atoms with van der Waals surface area (Å²) in [5, 5.41) is 14.2. The summed E-state index contributed by atoms with van der Waals surface area (Å²) in [7, 11) is 1.65. The Bertz CT molecular complexity index is 866. The van der Waals surface area contributed by atoms with E-state index in [0.717, 1.165) is 36.0 Å². The van der Waals surface area contributed by atoms with Gasteiger partial charge >= 0.3 is 0 Å². The van der Waals surface area contributed by atoms with Crippen LogP contribution in [0.2, 0.25) is 0 Å². The van der Waals surface area contributed by atoms with Crippen molar-refractivity contribution < 1.29 is 24.2 Å². The summed E-state index contributed by atoms with van der Waals surface area (Å²) in [6, 6.07) is 5.85. The number of ether oxygens (including phenoxy) is 2. The number of methoxy groups -OCH3 is 1. The molecule has 0 radical (unpaired) electrons. The highest BCUT2D eigenvalue weighted by molar-refractivity contribution is 5.97. The van der Waals surface area contributed by atoms with E-state index in [9.17, 15) is 14.7 Å². The van der Waals surface area contributed by atoms with E-state index in [1.807, 2.05) is 32.9 Å². The molecule has 1 aromatic rings. The maximum absolute atomic E-state index is 13.0. The molecular formula is C31H52N2O5. The number of aliphatic hydroxyl groups is 1. The largest absolute Gasteiger partial charge is 0.391 e. The van der Waals surface area contributed by atoms with Crippen LogP contribution in [0.1, 0.15) is 87.7 Å². The van der Waals surface area contributed by atoms with Crippen molar-refractivity contribution in [1.29, 1.82) is 0 Å². The van der Waals surface area contributed by atoms with Crippen LogP contribution in [-0.4, -0.2) is 61.9 Å². The first-order valence-corrected chi connectivity index (χ1v) is 14.5. The molecule has 4 unspecified atom stereocenters. The number of amides is 1. The summed E-state index contributed by atoms with van der Waals surface area (Å²) in [4.78, 5) is 25.8. The smallest absolute Gasteiger partial charge is 0.223 e. The van der Waals surface area contributed by atoms with Crippen molar-refractivity contribution in [2.75, 3.05) is 26.9 Å². The van der Waals surface area contributed by atoms with Crippen LogP contribution >= 0.6 is 0 Å². The number of benzene rings is 1. The molecule has 38 heavy (non-hydrogen) atoms. The van der Waals surface area contributed by atoms with Crippen LogP contribution in [0.4, 0.5) is 0 Å². The molecule has 216 valence electrons. The normalized spacial score (nSPS) is 17.8. The van der Waals surface area contributed by atoms with Gasteiger partial charge in [0.2, 0.25) is 5.91 Å². The molecule has 0 saturated carbocycles. The molecule has 0 bridgehead atoms.